The lowest BCUT2D eigenvalue weighted by atomic mass is 10.0. The first kappa shape index (κ1) is 12.7. The van der Waals surface area contributed by atoms with Crippen molar-refractivity contribution >= 4 is 6.08 Å². The Hall–Kier alpha value is -1.34. The second-order valence-corrected chi connectivity index (χ2v) is 4.24. The third-order valence-corrected chi connectivity index (χ3v) is 2.35. The molecule has 0 radical (unpaired) electrons. The Balaban J connectivity index is 2.50. The molecule has 0 aliphatic heterocycles. The maximum absolute atomic E-state index is 9.19. The number of hydrogen-bond donors (Lipinski definition) is 1. The van der Waals surface area contributed by atoms with Gasteiger partial charge in [0, 0.05) is 12.5 Å². The van der Waals surface area contributed by atoms with Crippen LogP contribution >= 0.6 is 0 Å². The van der Waals surface area contributed by atoms with Crippen molar-refractivity contribution in [1.29, 1.82) is 0 Å². The lowest BCUT2D eigenvalue weighted by Crippen LogP contribution is -2.01. The van der Waals surface area contributed by atoms with Crippen molar-refractivity contribution in [1.82, 2.24) is 0 Å². The summed E-state index contributed by atoms with van der Waals surface area (Å²) in [5.41, 5.74) is 2.46. The minimum Gasteiger partial charge on any atom is -0.396 e. The normalized spacial score (nSPS) is 12.7. The monoisotopic (exact) mass is 216 g/mol. The molecule has 1 N–H and O–H groups in total. The fraction of sp³-hybridized carbons (Fsp3) is 0.333. The van der Waals surface area contributed by atoms with Gasteiger partial charge in [-0.05, 0) is 25.8 Å². The van der Waals surface area contributed by atoms with Crippen molar-refractivity contribution in [2.75, 3.05) is 6.61 Å². The Morgan fingerprint density at radius 2 is 1.94 bits per heavy atom. The van der Waals surface area contributed by atoms with Gasteiger partial charge in [-0.1, -0.05) is 54.1 Å². The minimum atomic E-state index is 0.213. The summed E-state index contributed by atoms with van der Waals surface area (Å²) in [6, 6.07) is 10.2. The van der Waals surface area contributed by atoms with Crippen molar-refractivity contribution in [3.63, 3.8) is 0 Å². The molecule has 1 heteroatoms. The number of hydrogen-bond acceptors (Lipinski definition) is 1. The van der Waals surface area contributed by atoms with E-state index in [9.17, 15) is 5.11 Å². The first-order valence-corrected chi connectivity index (χ1v) is 5.70. The van der Waals surface area contributed by atoms with E-state index in [-0.39, 0.29) is 12.5 Å². The van der Waals surface area contributed by atoms with Crippen LogP contribution in [0.1, 0.15) is 25.8 Å². The zero-order chi connectivity index (χ0) is 11.8. The highest BCUT2D eigenvalue weighted by Crippen LogP contribution is 2.10. The number of rotatable bonds is 5. The van der Waals surface area contributed by atoms with Gasteiger partial charge in [-0.3, -0.25) is 0 Å². The molecule has 1 unspecified atom stereocenters. The topological polar surface area (TPSA) is 20.2 Å². The van der Waals surface area contributed by atoms with Crippen LogP contribution in [-0.4, -0.2) is 11.7 Å². The smallest absolute Gasteiger partial charge is 0.0496 e. The molecular formula is C15H20O. The largest absolute Gasteiger partial charge is 0.396 e. The minimum absolute atomic E-state index is 0.213. The predicted octanol–water partition coefficient (Wildman–Crippen LogP) is 3.66. The first-order valence-electron chi connectivity index (χ1n) is 5.70. The molecule has 0 fully saturated rings. The molecule has 0 aromatic heterocycles. The molecule has 0 spiro atoms. The Morgan fingerprint density at radius 1 is 1.25 bits per heavy atom. The van der Waals surface area contributed by atoms with Crippen LogP contribution in [0.25, 0.3) is 6.08 Å². The molecule has 0 heterocycles. The molecule has 0 saturated carbocycles. The summed E-state index contributed by atoms with van der Waals surface area (Å²) in [5.74, 6) is 0.241. The molecule has 16 heavy (non-hydrogen) atoms. The highest BCUT2D eigenvalue weighted by molar-refractivity contribution is 5.48. The quantitative estimate of drug-likeness (QED) is 0.745. The molecular weight excluding hydrogens is 196 g/mol. The SMILES string of the molecule is CC(C)=CC(CO)C/C=C/c1ccccc1. The highest BCUT2D eigenvalue weighted by Gasteiger charge is 2.00. The molecule has 1 aromatic rings. The fourth-order valence-corrected chi connectivity index (χ4v) is 1.61. The van der Waals surface area contributed by atoms with Gasteiger partial charge in [0.05, 0.1) is 0 Å². The van der Waals surface area contributed by atoms with E-state index in [2.05, 4.69) is 44.2 Å². The van der Waals surface area contributed by atoms with Crippen molar-refractivity contribution in [3.05, 3.63) is 53.6 Å². The second-order valence-electron chi connectivity index (χ2n) is 4.24. The third kappa shape index (κ3) is 4.94. The van der Waals surface area contributed by atoms with Crippen molar-refractivity contribution in [2.45, 2.75) is 20.3 Å². The van der Waals surface area contributed by atoms with E-state index in [1.54, 1.807) is 0 Å². The summed E-state index contributed by atoms with van der Waals surface area (Å²) in [6.07, 6.45) is 7.23. The van der Waals surface area contributed by atoms with Gasteiger partial charge >= 0.3 is 0 Å². The molecule has 1 aromatic carbocycles. The average Bonchev–Trinajstić information content (AvgIpc) is 2.28. The fourth-order valence-electron chi connectivity index (χ4n) is 1.61. The average molecular weight is 216 g/mol. The van der Waals surface area contributed by atoms with E-state index in [1.807, 2.05) is 18.2 Å². The summed E-state index contributed by atoms with van der Waals surface area (Å²) in [4.78, 5) is 0. The van der Waals surface area contributed by atoms with Crippen molar-refractivity contribution in [3.8, 4) is 0 Å². The zero-order valence-corrected chi connectivity index (χ0v) is 10.1. The molecule has 0 aliphatic carbocycles. The van der Waals surface area contributed by atoms with E-state index < -0.39 is 0 Å². The van der Waals surface area contributed by atoms with Crippen LogP contribution < -0.4 is 0 Å². The molecule has 1 atom stereocenters. The van der Waals surface area contributed by atoms with Crippen LogP contribution in [0.2, 0.25) is 0 Å². The number of aliphatic hydroxyl groups excluding tert-OH is 1. The van der Waals surface area contributed by atoms with Crippen molar-refractivity contribution in [2.24, 2.45) is 5.92 Å². The second kappa shape index (κ2) is 7.02. The van der Waals surface area contributed by atoms with Crippen LogP contribution in [0.15, 0.2) is 48.1 Å². The van der Waals surface area contributed by atoms with Crippen LogP contribution in [0.3, 0.4) is 0 Å². The van der Waals surface area contributed by atoms with E-state index in [4.69, 9.17) is 0 Å². The van der Waals surface area contributed by atoms with E-state index in [0.717, 1.165) is 6.42 Å². The highest BCUT2D eigenvalue weighted by atomic mass is 16.3. The maximum atomic E-state index is 9.19. The van der Waals surface area contributed by atoms with Gasteiger partial charge in [0.25, 0.3) is 0 Å². The van der Waals surface area contributed by atoms with E-state index in [0.29, 0.717) is 0 Å². The molecule has 0 amide bonds. The Morgan fingerprint density at radius 3 is 2.50 bits per heavy atom. The lowest BCUT2D eigenvalue weighted by molar-refractivity contribution is 0.253. The number of allylic oxidation sites excluding steroid dienone is 2. The Labute approximate surface area is 98.1 Å². The predicted molar refractivity (Wildman–Crippen MR) is 70.1 cm³/mol. The first-order chi connectivity index (χ1) is 7.72. The van der Waals surface area contributed by atoms with E-state index >= 15 is 0 Å². The summed E-state index contributed by atoms with van der Waals surface area (Å²) in [6.45, 7) is 4.33. The Bertz CT molecular complexity index is 345. The van der Waals surface area contributed by atoms with Crippen LogP contribution in [0, 0.1) is 5.92 Å². The number of benzene rings is 1. The molecule has 0 bridgehead atoms. The Kier molecular flexibility index (Phi) is 5.58. The third-order valence-electron chi connectivity index (χ3n) is 2.35. The summed E-state index contributed by atoms with van der Waals surface area (Å²) >= 11 is 0. The molecule has 86 valence electrons. The van der Waals surface area contributed by atoms with Gasteiger partial charge in [0.15, 0.2) is 0 Å². The summed E-state index contributed by atoms with van der Waals surface area (Å²) in [7, 11) is 0. The molecule has 1 nitrogen and oxygen atoms in total. The van der Waals surface area contributed by atoms with Crippen molar-refractivity contribution < 1.29 is 5.11 Å². The van der Waals surface area contributed by atoms with Crippen LogP contribution in [0.4, 0.5) is 0 Å². The van der Waals surface area contributed by atoms with Gasteiger partial charge in [-0.15, -0.1) is 0 Å². The summed E-state index contributed by atoms with van der Waals surface area (Å²) in [5, 5.41) is 9.19. The van der Waals surface area contributed by atoms with Gasteiger partial charge in [-0.2, -0.15) is 0 Å². The van der Waals surface area contributed by atoms with Gasteiger partial charge in [0.1, 0.15) is 0 Å². The lowest BCUT2D eigenvalue weighted by Gasteiger charge is -2.06. The molecule has 1 rings (SSSR count). The molecule has 0 aliphatic rings. The molecule has 0 saturated heterocycles. The van der Waals surface area contributed by atoms with E-state index in [1.165, 1.54) is 11.1 Å². The standard InChI is InChI=1S/C15H20O/c1-13(2)11-15(12-16)10-6-9-14-7-4-3-5-8-14/h3-9,11,15-16H,10,12H2,1-2H3/b9-6+. The number of aliphatic hydroxyl groups is 1. The van der Waals surface area contributed by atoms with Gasteiger partial charge in [-0.25, -0.2) is 0 Å². The zero-order valence-electron chi connectivity index (χ0n) is 10.1. The van der Waals surface area contributed by atoms with Gasteiger partial charge < -0.3 is 5.11 Å². The van der Waals surface area contributed by atoms with Gasteiger partial charge in [0.2, 0.25) is 0 Å². The maximum Gasteiger partial charge on any atom is 0.0496 e. The van der Waals surface area contributed by atoms with Crippen LogP contribution in [0.5, 0.6) is 0 Å². The van der Waals surface area contributed by atoms with Crippen LogP contribution in [-0.2, 0) is 0 Å². The summed E-state index contributed by atoms with van der Waals surface area (Å²) < 4.78 is 0.